The Morgan fingerprint density at radius 1 is 1.42 bits per heavy atom. The molecule has 19 heavy (non-hydrogen) atoms. The first-order valence-corrected chi connectivity index (χ1v) is 5.83. The Morgan fingerprint density at radius 3 is 2.74 bits per heavy atom. The predicted octanol–water partition coefficient (Wildman–Crippen LogP) is 1.93. The van der Waals surface area contributed by atoms with Gasteiger partial charge in [0, 0.05) is 13.1 Å². The molecule has 1 N–H and O–H groups in total. The van der Waals surface area contributed by atoms with Gasteiger partial charge in [0.25, 0.3) is 0 Å². The Hall–Kier alpha value is -1.81. The highest BCUT2D eigenvalue weighted by Crippen LogP contribution is 2.31. The lowest BCUT2D eigenvalue weighted by atomic mass is 10.1. The first-order valence-electron chi connectivity index (χ1n) is 5.83. The average molecular weight is 271 g/mol. The summed E-state index contributed by atoms with van der Waals surface area (Å²) in [6, 6.07) is 3.74. The molecule has 2 rings (SSSR count). The highest BCUT2D eigenvalue weighted by atomic mass is 19.4. The van der Waals surface area contributed by atoms with Gasteiger partial charge in [0.05, 0.1) is 11.7 Å². The fraction of sp³-hybridized carbons (Fsp3) is 0.500. The summed E-state index contributed by atoms with van der Waals surface area (Å²) >= 11 is 0. The maximum Gasteiger partial charge on any atom is 0.433 e. The predicted molar refractivity (Wildman–Crippen MR) is 61.4 cm³/mol. The minimum atomic E-state index is -4.54. The summed E-state index contributed by atoms with van der Waals surface area (Å²) in [4.78, 5) is 5.07. The standard InChI is InChI=1S/C12H12F3N3O/c13-12(14,15)10-4-3-8(6-16)11(17-10)18-5-1-2-9(19)7-18/h3-4,9,19H,1-2,5,7H2/t9-/m0/s1. The van der Waals surface area contributed by atoms with E-state index in [4.69, 9.17) is 5.26 Å². The molecular formula is C12H12F3N3O. The number of aliphatic hydroxyl groups is 1. The third kappa shape index (κ3) is 2.96. The second kappa shape index (κ2) is 5.05. The molecule has 0 aromatic carbocycles. The number of nitriles is 1. The summed E-state index contributed by atoms with van der Waals surface area (Å²) in [5.41, 5.74) is -0.941. The molecule has 0 aliphatic carbocycles. The van der Waals surface area contributed by atoms with Gasteiger partial charge >= 0.3 is 6.18 Å². The number of β-amino-alcohol motifs (C(OH)–C–C–N with tert-alkyl or cyclic N) is 1. The van der Waals surface area contributed by atoms with E-state index in [-0.39, 0.29) is 17.9 Å². The third-order valence-corrected chi connectivity index (χ3v) is 2.98. The lowest BCUT2D eigenvalue weighted by molar-refractivity contribution is -0.141. The molecule has 1 saturated heterocycles. The van der Waals surface area contributed by atoms with Crippen LogP contribution in [0.1, 0.15) is 24.1 Å². The van der Waals surface area contributed by atoms with Gasteiger partial charge in [-0.25, -0.2) is 4.98 Å². The summed E-state index contributed by atoms with van der Waals surface area (Å²) in [5.74, 6) is -0.00363. The summed E-state index contributed by atoms with van der Waals surface area (Å²) in [5, 5.41) is 18.5. The Kier molecular flexibility index (Phi) is 3.62. The molecule has 0 unspecified atom stereocenters. The summed E-state index contributed by atoms with van der Waals surface area (Å²) in [6.45, 7) is 0.684. The van der Waals surface area contributed by atoms with E-state index in [1.54, 1.807) is 0 Å². The summed E-state index contributed by atoms with van der Waals surface area (Å²) in [7, 11) is 0. The minimum Gasteiger partial charge on any atom is -0.391 e. The van der Waals surface area contributed by atoms with Crippen LogP contribution in [0.4, 0.5) is 19.0 Å². The molecule has 1 aromatic heterocycles. The van der Waals surface area contributed by atoms with Crippen molar-refractivity contribution >= 4 is 5.82 Å². The number of aliphatic hydroxyl groups excluding tert-OH is 1. The number of rotatable bonds is 1. The van der Waals surface area contributed by atoms with Crippen LogP contribution < -0.4 is 4.90 Å². The number of halogens is 3. The van der Waals surface area contributed by atoms with Crippen molar-refractivity contribution in [1.29, 1.82) is 5.26 Å². The molecular weight excluding hydrogens is 259 g/mol. The van der Waals surface area contributed by atoms with Gasteiger partial charge < -0.3 is 10.0 Å². The van der Waals surface area contributed by atoms with E-state index < -0.39 is 18.0 Å². The number of piperidine rings is 1. The molecule has 0 saturated carbocycles. The van der Waals surface area contributed by atoms with Gasteiger partial charge in [-0.1, -0.05) is 0 Å². The van der Waals surface area contributed by atoms with Gasteiger partial charge in [-0.2, -0.15) is 18.4 Å². The highest BCUT2D eigenvalue weighted by Gasteiger charge is 2.34. The monoisotopic (exact) mass is 271 g/mol. The topological polar surface area (TPSA) is 60.2 Å². The Labute approximate surface area is 108 Å². The number of aromatic nitrogens is 1. The molecule has 1 aliphatic rings. The molecule has 7 heteroatoms. The number of hydrogen-bond acceptors (Lipinski definition) is 4. The van der Waals surface area contributed by atoms with Gasteiger partial charge in [0.2, 0.25) is 0 Å². The van der Waals surface area contributed by atoms with Gasteiger partial charge in [0.1, 0.15) is 17.6 Å². The van der Waals surface area contributed by atoms with Gasteiger partial charge in [-0.15, -0.1) is 0 Å². The molecule has 2 heterocycles. The highest BCUT2D eigenvalue weighted by molar-refractivity contribution is 5.55. The van der Waals surface area contributed by atoms with E-state index in [9.17, 15) is 18.3 Å². The van der Waals surface area contributed by atoms with Crippen LogP contribution in [-0.2, 0) is 6.18 Å². The number of anilines is 1. The minimum absolute atomic E-state index is 0.00363. The number of hydrogen-bond donors (Lipinski definition) is 1. The van der Waals surface area contributed by atoms with E-state index >= 15 is 0 Å². The molecule has 1 atom stereocenters. The zero-order chi connectivity index (χ0) is 14.0. The van der Waals surface area contributed by atoms with Gasteiger partial charge in [0.15, 0.2) is 0 Å². The Balaban J connectivity index is 2.39. The van der Waals surface area contributed by atoms with E-state index in [2.05, 4.69) is 4.98 Å². The molecule has 1 aliphatic heterocycles. The molecule has 0 spiro atoms. The second-order valence-electron chi connectivity index (χ2n) is 4.42. The van der Waals surface area contributed by atoms with E-state index in [1.165, 1.54) is 4.90 Å². The molecule has 0 amide bonds. The summed E-state index contributed by atoms with van der Waals surface area (Å²) < 4.78 is 37.9. The maximum absolute atomic E-state index is 12.6. The van der Waals surface area contributed by atoms with Crippen molar-refractivity contribution < 1.29 is 18.3 Å². The van der Waals surface area contributed by atoms with Crippen molar-refractivity contribution in [3.8, 4) is 6.07 Å². The van der Waals surface area contributed by atoms with Crippen LogP contribution >= 0.6 is 0 Å². The Bertz CT molecular complexity index is 510. The molecule has 0 bridgehead atoms. The smallest absolute Gasteiger partial charge is 0.391 e. The fourth-order valence-corrected chi connectivity index (χ4v) is 2.08. The van der Waals surface area contributed by atoms with Crippen LogP contribution in [0.2, 0.25) is 0 Å². The maximum atomic E-state index is 12.6. The largest absolute Gasteiger partial charge is 0.433 e. The van der Waals surface area contributed by atoms with Crippen molar-refractivity contribution in [1.82, 2.24) is 4.98 Å². The average Bonchev–Trinajstić information content (AvgIpc) is 2.37. The third-order valence-electron chi connectivity index (χ3n) is 2.98. The first kappa shape index (κ1) is 13.6. The van der Waals surface area contributed by atoms with Gasteiger partial charge in [-0.3, -0.25) is 0 Å². The first-order chi connectivity index (χ1) is 8.91. The van der Waals surface area contributed by atoms with E-state index in [1.807, 2.05) is 6.07 Å². The molecule has 0 radical (unpaired) electrons. The van der Waals surface area contributed by atoms with Crippen molar-refractivity contribution in [3.63, 3.8) is 0 Å². The lowest BCUT2D eigenvalue weighted by Crippen LogP contribution is -2.39. The number of nitrogens with zero attached hydrogens (tertiary/aromatic N) is 3. The molecule has 1 fully saturated rings. The van der Waals surface area contributed by atoms with E-state index in [0.717, 1.165) is 12.1 Å². The molecule has 4 nitrogen and oxygen atoms in total. The van der Waals surface area contributed by atoms with Crippen molar-refractivity contribution in [2.45, 2.75) is 25.1 Å². The van der Waals surface area contributed by atoms with Crippen LogP contribution in [0.15, 0.2) is 12.1 Å². The van der Waals surface area contributed by atoms with E-state index in [0.29, 0.717) is 19.4 Å². The van der Waals surface area contributed by atoms with Crippen molar-refractivity contribution in [2.75, 3.05) is 18.0 Å². The SMILES string of the molecule is N#Cc1ccc(C(F)(F)F)nc1N1CCC[C@H](O)C1. The number of alkyl halides is 3. The molecule has 102 valence electrons. The summed E-state index contributed by atoms with van der Waals surface area (Å²) in [6.07, 6.45) is -3.88. The van der Waals surface area contributed by atoms with Gasteiger partial charge in [-0.05, 0) is 25.0 Å². The zero-order valence-electron chi connectivity index (χ0n) is 9.98. The zero-order valence-corrected chi connectivity index (χ0v) is 9.98. The lowest BCUT2D eigenvalue weighted by Gasteiger charge is -2.31. The quantitative estimate of drug-likeness (QED) is 0.848. The van der Waals surface area contributed by atoms with Crippen molar-refractivity contribution in [2.24, 2.45) is 0 Å². The van der Waals surface area contributed by atoms with Crippen LogP contribution in [0.25, 0.3) is 0 Å². The Morgan fingerprint density at radius 2 is 2.16 bits per heavy atom. The fourth-order valence-electron chi connectivity index (χ4n) is 2.08. The second-order valence-corrected chi connectivity index (χ2v) is 4.42. The van der Waals surface area contributed by atoms with Crippen LogP contribution in [-0.4, -0.2) is 29.3 Å². The van der Waals surface area contributed by atoms with Crippen LogP contribution in [0.5, 0.6) is 0 Å². The normalized spacial score (nSPS) is 20.2. The van der Waals surface area contributed by atoms with Crippen molar-refractivity contribution in [3.05, 3.63) is 23.4 Å². The van der Waals surface area contributed by atoms with Crippen LogP contribution in [0, 0.1) is 11.3 Å². The van der Waals surface area contributed by atoms with Crippen LogP contribution in [0.3, 0.4) is 0 Å². The molecule has 1 aromatic rings. The number of pyridine rings is 1.